The zero-order valence-electron chi connectivity index (χ0n) is 14.9. The summed E-state index contributed by atoms with van der Waals surface area (Å²) < 4.78 is 5.35. The lowest BCUT2D eigenvalue weighted by molar-refractivity contribution is 0.262. The van der Waals surface area contributed by atoms with Crippen LogP contribution in [0.4, 0.5) is 27.7 Å². The molecule has 0 spiro atoms. The van der Waals surface area contributed by atoms with Crippen molar-refractivity contribution < 1.29 is 9.53 Å². The number of hydrogen-bond acceptors (Lipinski definition) is 4. The van der Waals surface area contributed by atoms with Crippen LogP contribution in [0, 0.1) is 6.92 Å². The van der Waals surface area contributed by atoms with Gasteiger partial charge in [0.15, 0.2) is 0 Å². The van der Waals surface area contributed by atoms with Crippen LogP contribution < -0.4 is 20.7 Å². The van der Waals surface area contributed by atoms with E-state index in [-0.39, 0.29) is 6.03 Å². The van der Waals surface area contributed by atoms with Crippen LogP contribution in [-0.4, -0.2) is 18.1 Å². The highest BCUT2D eigenvalue weighted by Crippen LogP contribution is 2.32. The van der Waals surface area contributed by atoms with Gasteiger partial charge in [-0.15, -0.1) is 0 Å². The first kappa shape index (κ1) is 18.5. The smallest absolute Gasteiger partial charge is 0.323 e. The van der Waals surface area contributed by atoms with Gasteiger partial charge in [0.1, 0.15) is 11.6 Å². The number of halogens is 1. The number of rotatable bonds is 5. The lowest BCUT2D eigenvalue weighted by Gasteiger charge is -2.13. The van der Waals surface area contributed by atoms with Crippen LogP contribution in [0.25, 0.3) is 0 Å². The molecule has 0 unspecified atom stereocenters. The largest absolute Gasteiger partial charge is 0.495 e. The fourth-order valence-electron chi connectivity index (χ4n) is 2.42. The van der Waals surface area contributed by atoms with E-state index in [1.807, 2.05) is 43.3 Å². The first-order chi connectivity index (χ1) is 13.0. The van der Waals surface area contributed by atoms with Crippen LogP contribution in [0.15, 0.2) is 60.8 Å². The third-order valence-electron chi connectivity index (χ3n) is 3.80. The number of carbonyl (C=O) groups excluding carboxylic acids is 1. The van der Waals surface area contributed by atoms with Crippen LogP contribution in [0.1, 0.15) is 5.56 Å². The molecule has 1 heterocycles. The number of methoxy groups -OCH3 is 1. The number of carbonyl (C=O) groups is 1. The summed E-state index contributed by atoms with van der Waals surface area (Å²) in [4.78, 5) is 16.3. The number of amides is 2. The average Bonchev–Trinajstić information content (AvgIpc) is 2.67. The van der Waals surface area contributed by atoms with Gasteiger partial charge in [-0.2, -0.15) is 0 Å². The Balaban J connectivity index is 1.65. The summed E-state index contributed by atoms with van der Waals surface area (Å²) in [6.45, 7) is 1.92. The molecule has 0 aliphatic rings. The molecule has 0 bridgehead atoms. The summed E-state index contributed by atoms with van der Waals surface area (Å²) >= 11 is 6.13. The molecule has 0 radical (unpaired) electrons. The van der Waals surface area contributed by atoms with Gasteiger partial charge in [0, 0.05) is 16.8 Å². The Hall–Kier alpha value is -3.25. The van der Waals surface area contributed by atoms with E-state index in [2.05, 4.69) is 20.9 Å². The average molecular weight is 383 g/mol. The maximum atomic E-state index is 12.0. The second-order valence-corrected chi connectivity index (χ2v) is 6.21. The van der Waals surface area contributed by atoms with Gasteiger partial charge in [0.2, 0.25) is 0 Å². The molecule has 0 saturated carbocycles. The van der Waals surface area contributed by atoms with Crippen molar-refractivity contribution in [2.24, 2.45) is 0 Å². The highest BCUT2D eigenvalue weighted by atomic mass is 35.5. The van der Waals surface area contributed by atoms with Gasteiger partial charge in [-0.3, -0.25) is 0 Å². The van der Waals surface area contributed by atoms with Gasteiger partial charge < -0.3 is 20.7 Å². The van der Waals surface area contributed by atoms with Crippen molar-refractivity contribution in [2.45, 2.75) is 6.92 Å². The zero-order valence-corrected chi connectivity index (χ0v) is 15.7. The van der Waals surface area contributed by atoms with E-state index in [0.717, 1.165) is 11.3 Å². The van der Waals surface area contributed by atoms with Crippen LogP contribution in [0.3, 0.4) is 0 Å². The molecule has 2 amide bonds. The topological polar surface area (TPSA) is 75.3 Å². The lowest BCUT2D eigenvalue weighted by atomic mass is 10.2. The Labute approximate surface area is 162 Å². The molecule has 27 heavy (non-hydrogen) atoms. The van der Waals surface area contributed by atoms with E-state index in [1.54, 1.807) is 31.5 Å². The first-order valence-corrected chi connectivity index (χ1v) is 8.63. The van der Waals surface area contributed by atoms with E-state index in [4.69, 9.17) is 16.3 Å². The van der Waals surface area contributed by atoms with Gasteiger partial charge in [0.05, 0.1) is 24.7 Å². The molecule has 0 aliphatic carbocycles. The summed E-state index contributed by atoms with van der Waals surface area (Å²) in [7, 11) is 1.58. The molecule has 138 valence electrons. The summed E-state index contributed by atoms with van der Waals surface area (Å²) in [5, 5.41) is 9.31. The summed E-state index contributed by atoms with van der Waals surface area (Å²) in [5.74, 6) is 1.24. The summed E-state index contributed by atoms with van der Waals surface area (Å²) in [5.41, 5.74) is 2.98. The molecule has 3 aromatic rings. The van der Waals surface area contributed by atoms with Crippen LogP contribution in [-0.2, 0) is 0 Å². The third-order valence-corrected chi connectivity index (χ3v) is 4.20. The monoisotopic (exact) mass is 382 g/mol. The predicted molar refractivity (Wildman–Crippen MR) is 109 cm³/mol. The number of ether oxygens (including phenoxy) is 1. The van der Waals surface area contributed by atoms with Gasteiger partial charge >= 0.3 is 6.03 Å². The summed E-state index contributed by atoms with van der Waals surface area (Å²) in [6, 6.07) is 16.0. The Bertz CT molecular complexity index is 931. The highest BCUT2D eigenvalue weighted by molar-refractivity contribution is 6.31. The van der Waals surface area contributed by atoms with Crippen molar-refractivity contribution in [1.29, 1.82) is 0 Å². The SMILES string of the molecule is COc1cc(Cl)c(C)cc1Nc1ccc(NC(=O)Nc2ccccc2)cn1. The Morgan fingerprint density at radius 2 is 1.78 bits per heavy atom. The number of hydrogen-bond donors (Lipinski definition) is 3. The molecule has 3 rings (SSSR count). The van der Waals surface area contributed by atoms with Crippen molar-refractivity contribution in [3.8, 4) is 5.75 Å². The molecule has 6 nitrogen and oxygen atoms in total. The van der Waals surface area contributed by atoms with Crippen LogP contribution >= 0.6 is 11.6 Å². The third kappa shape index (κ3) is 4.89. The molecule has 3 N–H and O–H groups in total. The van der Waals surface area contributed by atoms with Crippen molar-refractivity contribution >= 4 is 40.5 Å². The molecular weight excluding hydrogens is 364 g/mol. The fourth-order valence-corrected chi connectivity index (χ4v) is 2.58. The Kier molecular flexibility index (Phi) is 5.78. The standard InChI is InChI=1S/C20H19ClN4O2/c1-13-10-17(18(27-2)11-16(13)21)25-19-9-8-15(12-22-19)24-20(26)23-14-6-4-3-5-7-14/h3-12H,1-2H3,(H,22,25)(H2,23,24,26). The maximum absolute atomic E-state index is 12.0. The first-order valence-electron chi connectivity index (χ1n) is 8.25. The Morgan fingerprint density at radius 3 is 2.44 bits per heavy atom. The van der Waals surface area contributed by atoms with E-state index in [9.17, 15) is 4.79 Å². The zero-order chi connectivity index (χ0) is 19.2. The normalized spacial score (nSPS) is 10.2. The number of aromatic nitrogens is 1. The molecule has 7 heteroatoms. The number of anilines is 4. The van der Waals surface area contributed by atoms with Crippen molar-refractivity contribution in [3.63, 3.8) is 0 Å². The predicted octanol–water partition coefficient (Wildman–Crippen LogP) is 5.44. The molecule has 1 aromatic heterocycles. The quantitative estimate of drug-likeness (QED) is 0.549. The molecular formula is C20H19ClN4O2. The molecule has 0 aliphatic heterocycles. The number of nitrogens with one attached hydrogen (secondary N) is 3. The van der Waals surface area contributed by atoms with Gasteiger partial charge in [-0.25, -0.2) is 9.78 Å². The molecule has 0 saturated heterocycles. The number of para-hydroxylation sites is 1. The highest BCUT2D eigenvalue weighted by Gasteiger charge is 2.08. The maximum Gasteiger partial charge on any atom is 0.323 e. The molecule has 2 aromatic carbocycles. The van der Waals surface area contributed by atoms with Crippen LogP contribution in [0.2, 0.25) is 5.02 Å². The molecule has 0 atom stereocenters. The molecule has 0 fully saturated rings. The van der Waals surface area contributed by atoms with Gasteiger partial charge in [-0.05, 0) is 42.8 Å². The fraction of sp³-hybridized carbons (Fsp3) is 0.100. The van der Waals surface area contributed by atoms with Gasteiger partial charge in [-0.1, -0.05) is 29.8 Å². The summed E-state index contributed by atoms with van der Waals surface area (Å²) in [6.07, 6.45) is 1.57. The minimum absolute atomic E-state index is 0.335. The van der Waals surface area contributed by atoms with E-state index in [0.29, 0.717) is 28.0 Å². The second kappa shape index (κ2) is 8.42. The Morgan fingerprint density at radius 1 is 1.04 bits per heavy atom. The second-order valence-electron chi connectivity index (χ2n) is 5.80. The number of nitrogens with zero attached hydrogens (tertiary/aromatic N) is 1. The minimum Gasteiger partial charge on any atom is -0.495 e. The minimum atomic E-state index is -0.335. The van der Waals surface area contributed by atoms with Crippen LogP contribution in [0.5, 0.6) is 5.75 Å². The van der Waals surface area contributed by atoms with Crippen molar-refractivity contribution in [2.75, 3.05) is 23.1 Å². The number of urea groups is 1. The van der Waals surface area contributed by atoms with Crippen molar-refractivity contribution in [3.05, 3.63) is 71.4 Å². The number of aryl methyl sites for hydroxylation is 1. The lowest BCUT2D eigenvalue weighted by Crippen LogP contribution is -2.19. The van der Waals surface area contributed by atoms with E-state index < -0.39 is 0 Å². The van der Waals surface area contributed by atoms with Gasteiger partial charge in [0.25, 0.3) is 0 Å². The van der Waals surface area contributed by atoms with E-state index >= 15 is 0 Å². The number of benzene rings is 2. The number of pyridine rings is 1. The van der Waals surface area contributed by atoms with E-state index in [1.165, 1.54) is 0 Å². The van der Waals surface area contributed by atoms with Crippen molar-refractivity contribution in [1.82, 2.24) is 4.98 Å².